The molecule has 0 aliphatic carbocycles. The van der Waals surface area contributed by atoms with E-state index in [0.29, 0.717) is 22.2 Å². The Hall–Kier alpha value is -2.49. The van der Waals surface area contributed by atoms with Gasteiger partial charge in [0.25, 0.3) is 0 Å². The highest BCUT2D eigenvalue weighted by Crippen LogP contribution is 2.36. The highest BCUT2D eigenvalue weighted by Gasteiger charge is 2.18. The van der Waals surface area contributed by atoms with Gasteiger partial charge < -0.3 is 10.3 Å². The summed E-state index contributed by atoms with van der Waals surface area (Å²) in [7, 11) is 0. The molecule has 4 aromatic rings. The van der Waals surface area contributed by atoms with Gasteiger partial charge in [0.1, 0.15) is 0 Å². The Morgan fingerprint density at radius 1 is 1.00 bits per heavy atom. The molecule has 0 atom stereocenters. The summed E-state index contributed by atoms with van der Waals surface area (Å²) in [5.74, 6) is -0.451. The first-order valence-corrected chi connectivity index (χ1v) is 8.55. The molecule has 1 aromatic heterocycles. The third-order valence-corrected chi connectivity index (χ3v) is 4.89. The maximum Gasteiger partial charge on any atom is 0.249 e. The number of rotatable bonds is 3. The monoisotopic (exact) mass is 368 g/mol. The normalized spacial score (nSPS) is 11.3. The van der Waals surface area contributed by atoms with Gasteiger partial charge in [-0.25, -0.2) is 0 Å². The zero-order chi connectivity index (χ0) is 17.6. The smallest absolute Gasteiger partial charge is 0.249 e. The molecular formula is C20H14Cl2N2O. The summed E-state index contributed by atoms with van der Waals surface area (Å²) in [6.07, 6.45) is 0. The molecule has 1 amide bonds. The van der Waals surface area contributed by atoms with Crippen LogP contribution in [0.25, 0.3) is 21.8 Å². The lowest BCUT2D eigenvalue weighted by atomic mass is 10.1. The molecule has 124 valence electrons. The third kappa shape index (κ3) is 2.66. The number of para-hydroxylation sites is 1. The van der Waals surface area contributed by atoms with Crippen molar-refractivity contribution in [2.24, 2.45) is 5.73 Å². The van der Waals surface area contributed by atoms with E-state index in [1.807, 2.05) is 54.6 Å². The Labute approximate surface area is 154 Å². The lowest BCUT2D eigenvalue weighted by molar-refractivity contribution is 0.100. The number of fused-ring (bicyclic) bond motifs is 3. The molecule has 5 heteroatoms. The van der Waals surface area contributed by atoms with E-state index in [1.165, 1.54) is 0 Å². The van der Waals surface area contributed by atoms with Crippen LogP contribution in [0, 0.1) is 0 Å². The summed E-state index contributed by atoms with van der Waals surface area (Å²) >= 11 is 12.6. The van der Waals surface area contributed by atoms with Crippen LogP contribution in [0.4, 0.5) is 0 Å². The van der Waals surface area contributed by atoms with E-state index in [-0.39, 0.29) is 0 Å². The van der Waals surface area contributed by atoms with Gasteiger partial charge in [0, 0.05) is 27.9 Å². The molecular weight excluding hydrogens is 355 g/mol. The van der Waals surface area contributed by atoms with Crippen LogP contribution in [0.15, 0.2) is 60.7 Å². The van der Waals surface area contributed by atoms with Gasteiger partial charge in [0.15, 0.2) is 0 Å². The number of primary amides is 1. The van der Waals surface area contributed by atoms with Crippen molar-refractivity contribution >= 4 is 50.9 Å². The molecule has 2 N–H and O–H groups in total. The van der Waals surface area contributed by atoms with Crippen LogP contribution in [0.2, 0.25) is 10.0 Å². The fourth-order valence-corrected chi connectivity index (χ4v) is 3.84. The van der Waals surface area contributed by atoms with Gasteiger partial charge in [-0.2, -0.15) is 0 Å². The van der Waals surface area contributed by atoms with Crippen molar-refractivity contribution in [3.05, 3.63) is 81.8 Å². The molecule has 0 saturated heterocycles. The number of nitrogens with zero attached hydrogens (tertiary/aromatic N) is 1. The van der Waals surface area contributed by atoms with Gasteiger partial charge in [-0.05, 0) is 35.9 Å². The summed E-state index contributed by atoms with van der Waals surface area (Å²) in [4.78, 5) is 11.9. The second kappa shape index (κ2) is 6.10. The van der Waals surface area contributed by atoms with Crippen LogP contribution in [0.3, 0.4) is 0 Å². The van der Waals surface area contributed by atoms with Gasteiger partial charge in [-0.15, -0.1) is 0 Å². The second-order valence-corrected chi connectivity index (χ2v) is 6.76. The van der Waals surface area contributed by atoms with Gasteiger partial charge in [0.05, 0.1) is 16.1 Å². The Morgan fingerprint density at radius 2 is 1.76 bits per heavy atom. The predicted octanol–water partition coefficient (Wildman–Crippen LogP) is 5.25. The molecule has 4 rings (SSSR count). The second-order valence-electron chi connectivity index (χ2n) is 5.92. The van der Waals surface area contributed by atoms with E-state index < -0.39 is 5.91 Å². The zero-order valence-corrected chi connectivity index (χ0v) is 14.7. The highest BCUT2D eigenvalue weighted by molar-refractivity contribution is 6.37. The molecule has 0 aliphatic heterocycles. The van der Waals surface area contributed by atoms with Crippen LogP contribution in [0.5, 0.6) is 0 Å². The maximum absolute atomic E-state index is 11.9. The minimum atomic E-state index is -0.451. The van der Waals surface area contributed by atoms with Crippen LogP contribution < -0.4 is 5.73 Å². The first-order chi connectivity index (χ1) is 12.1. The van der Waals surface area contributed by atoms with E-state index in [2.05, 4.69) is 4.57 Å². The Bertz CT molecular complexity index is 1130. The number of halogens is 2. The van der Waals surface area contributed by atoms with Gasteiger partial charge in [-0.3, -0.25) is 4.79 Å². The number of amides is 1. The standard InChI is InChI=1S/C20H14Cl2N2O/c21-13-5-1-4-12(10-13)11-24-17-9-3-7-15(20(23)25)18(17)14-6-2-8-16(22)19(14)24/h1-10H,11H2,(H2,23,25). The first kappa shape index (κ1) is 16.0. The predicted molar refractivity (Wildman–Crippen MR) is 104 cm³/mol. The fraction of sp³-hybridized carbons (Fsp3) is 0.0500. The molecule has 1 heterocycles. The molecule has 3 nitrogen and oxygen atoms in total. The van der Waals surface area contributed by atoms with E-state index in [9.17, 15) is 4.79 Å². The molecule has 3 aromatic carbocycles. The minimum absolute atomic E-state index is 0.451. The lowest BCUT2D eigenvalue weighted by Crippen LogP contribution is -2.11. The zero-order valence-electron chi connectivity index (χ0n) is 13.2. The molecule has 25 heavy (non-hydrogen) atoms. The van der Waals surface area contributed by atoms with E-state index >= 15 is 0 Å². The minimum Gasteiger partial charge on any atom is -0.366 e. The average molecular weight is 369 g/mol. The number of hydrogen-bond acceptors (Lipinski definition) is 1. The van der Waals surface area contributed by atoms with Gasteiger partial charge >= 0.3 is 0 Å². The Morgan fingerprint density at radius 3 is 2.52 bits per heavy atom. The van der Waals surface area contributed by atoms with E-state index in [4.69, 9.17) is 28.9 Å². The van der Waals surface area contributed by atoms with Crippen molar-refractivity contribution in [2.45, 2.75) is 6.54 Å². The molecule has 0 aliphatic rings. The first-order valence-electron chi connectivity index (χ1n) is 7.80. The summed E-state index contributed by atoms with van der Waals surface area (Å²) in [5, 5.41) is 3.06. The summed E-state index contributed by atoms with van der Waals surface area (Å²) in [6, 6.07) is 18.9. The lowest BCUT2D eigenvalue weighted by Gasteiger charge is -2.09. The van der Waals surface area contributed by atoms with Crippen LogP contribution in [0.1, 0.15) is 15.9 Å². The molecule has 0 radical (unpaired) electrons. The molecule has 0 spiro atoms. The van der Waals surface area contributed by atoms with Crippen molar-refractivity contribution in [3.8, 4) is 0 Å². The fourth-order valence-electron chi connectivity index (χ4n) is 3.35. The number of aromatic nitrogens is 1. The van der Waals surface area contributed by atoms with Crippen molar-refractivity contribution < 1.29 is 4.79 Å². The summed E-state index contributed by atoms with van der Waals surface area (Å²) < 4.78 is 2.10. The molecule has 0 saturated carbocycles. The Balaban J connectivity index is 2.08. The Kier molecular flexibility index (Phi) is 3.91. The van der Waals surface area contributed by atoms with E-state index in [0.717, 1.165) is 27.4 Å². The number of benzene rings is 3. The molecule has 0 bridgehead atoms. The van der Waals surface area contributed by atoms with E-state index in [1.54, 1.807) is 6.07 Å². The number of nitrogens with two attached hydrogens (primary N) is 1. The van der Waals surface area contributed by atoms with Crippen LogP contribution in [-0.2, 0) is 6.54 Å². The van der Waals surface area contributed by atoms with Gasteiger partial charge in [-0.1, -0.05) is 53.5 Å². The average Bonchev–Trinajstić information content (AvgIpc) is 2.90. The van der Waals surface area contributed by atoms with Crippen molar-refractivity contribution in [1.29, 1.82) is 0 Å². The van der Waals surface area contributed by atoms with Crippen LogP contribution in [-0.4, -0.2) is 10.5 Å². The van der Waals surface area contributed by atoms with Crippen LogP contribution >= 0.6 is 23.2 Å². The number of carbonyl (C=O) groups is 1. The SMILES string of the molecule is NC(=O)c1cccc2c1c1cccc(Cl)c1n2Cc1cccc(Cl)c1. The summed E-state index contributed by atoms with van der Waals surface area (Å²) in [5.41, 5.74) is 8.94. The van der Waals surface area contributed by atoms with Crippen molar-refractivity contribution in [1.82, 2.24) is 4.57 Å². The highest BCUT2D eigenvalue weighted by atomic mass is 35.5. The molecule has 0 unspecified atom stereocenters. The van der Waals surface area contributed by atoms with Gasteiger partial charge in [0.2, 0.25) is 5.91 Å². The number of hydrogen-bond donors (Lipinski definition) is 1. The number of carbonyl (C=O) groups excluding carboxylic acids is 1. The quantitative estimate of drug-likeness (QED) is 0.527. The largest absolute Gasteiger partial charge is 0.366 e. The summed E-state index contributed by atoms with van der Waals surface area (Å²) in [6.45, 7) is 0.590. The van der Waals surface area contributed by atoms with Crippen molar-refractivity contribution in [3.63, 3.8) is 0 Å². The molecule has 0 fully saturated rings. The topological polar surface area (TPSA) is 48.0 Å². The maximum atomic E-state index is 11.9. The van der Waals surface area contributed by atoms with Crippen molar-refractivity contribution in [2.75, 3.05) is 0 Å². The third-order valence-electron chi connectivity index (χ3n) is 4.35.